The van der Waals surface area contributed by atoms with Crippen molar-refractivity contribution in [3.63, 3.8) is 0 Å². The Morgan fingerprint density at radius 1 is 1.22 bits per heavy atom. The molecular formula is C17H21N2O3Si. The first-order valence-electron chi connectivity index (χ1n) is 7.42. The van der Waals surface area contributed by atoms with Crippen LogP contribution in [0.1, 0.15) is 26.3 Å². The van der Waals surface area contributed by atoms with Gasteiger partial charge in [-0.2, -0.15) is 0 Å². The van der Waals surface area contributed by atoms with Gasteiger partial charge in [-0.1, -0.05) is 32.9 Å². The highest BCUT2D eigenvalue weighted by Crippen LogP contribution is 2.39. The number of benzene rings is 1. The summed E-state index contributed by atoms with van der Waals surface area (Å²) in [6.07, 6.45) is 1.70. The second kappa shape index (κ2) is 6.50. The number of nitro benzene ring substituents is 1. The highest BCUT2D eigenvalue weighted by molar-refractivity contribution is 6.49. The molecule has 0 aliphatic heterocycles. The van der Waals surface area contributed by atoms with Crippen molar-refractivity contribution in [1.82, 2.24) is 4.98 Å². The van der Waals surface area contributed by atoms with Crippen molar-refractivity contribution in [2.24, 2.45) is 0 Å². The van der Waals surface area contributed by atoms with Crippen LogP contribution in [0.2, 0.25) is 13.1 Å². The van der Waals surface area contributed by atoms with Gasteiger partial charge in [-0.15, -0.1) is 0 Å². The van der Waals surface area contributed by atoms with Crippen LogP contribution in [-0.2, 0) is 5.41 Å². The van der Waals surface area contributed by atoms with Crippen molar-refractivity contribution in [3.05, 3.63) is 52.2 Å². The molecule has 0 N–H and O–H groups in total. The maximum absolute atomic E-state index is 11.0. The molecule has 0 unspecified atom stereocenters. The third-order valence-corrected chi connectivity index (χ3v) is 3.94. The molecule has 0 saturated heterocycles. The largest absolute Gasteiger partial charge is 0.542 e. The number of hydrogen-bond acceptors (Lipinski definition) is 4. The lowest BCUT2D eigenvalue weighted by atomic mass is 9.83. The van der Waals surface area contributed by atoms with E-state index < -0.39 is 9.04 Å². The van der Waals surface area contributed by atoms with E-state index in [4.69, 9.17) is 4.43 Å². The maximum Gasteiger partial charge on any atom is 0.274 e. The number of non-ortho nitro benzene ring substituents is 1. The van der Waals surface area contributed by atoms with E-state index in [1.807, 2.05) is 12.1 Å². The number of rotatable bonds is 4. The molecule has 1 radical (unpaired) electrons. The summed E-state index contributed by atoms with van der Waals surface area (Å²) in [4.78, 5) is 15.1. The molecule has 1 heterocycles. The minimum atomic E-state index is -0.924. The fraction of sp³-hybridized carbons (Fsp3) is 0.353. The van der Waals surface area contributed by atoms with Crippen molar-refractivity contribution < 1.29 is 9.35 Å². The minimum Gasteiger partial charge on any atom is -0.542 e. The van der Waals surface area contributed by atoms with E-state index in [0.717, 1.165) is 22.6 Å². The predicted octanol–water partition coefficient (Wildman–Crippen LogP) is 4.58. The zero-order valence-corrected chi connectivity index (χ0v) is 15.1. The number of hydrogen-bond donors (Lipinski definition) is 0. The van der Waals surface area contributed by atoms with Crippen molar-refractivity contribution in [2.75, 3.05) is 0 Å². The normalized spacial score (nSPS) is 11.6. The number of aromatic nitrogens is 1. The zero-order valence-electron chi connectivity index (χ0n) is 14.1. The zero-order chi connectivity index (χ0) is 17.2. The third-order valence-electron chi connectivity index (χ3n) is 3.31. The van der Waals surface area contributed by atoms with Gasteiger partial charge in [0.15, 0.2) is 0 Å². The molecule has 0 aliphatic carbocycles. The fourth-order valence-corrected chi connectivity index (χ4v) is 3.07. The van der Waals surface area contributed by atoms with Gasteiger partial charge < -0.3 is 4.43 Å². The first-order chi connectivity index (χ1) is 10.7. The summed E-state index contributed by atoms with van der Waals surface area (Å²) in [6.45, 7) is 10.4. The average molecular weight is 329 g/mol. The summed E-state index contributed by atoms with van der Waals surface area (Å²) in [6, 6.07) is 8.45. The lowest BCUT2D eigenvalue weighted by molar-refractivity contribution is -0.384. The highest BCUT2D eigenvalue weighted by atomic mass is 28.3. The monoisotopic (exact) mass is 329 g/mol. The van der Waals surface area contributed by atoms with Crippen LogP contribution in [0.25, 0.3) is 11.3 Å². The Hall–Kier alpha value is -2.21. The number of nitrogens with zero attached hydrogens (tertiary/aromatic N) is 2. The molecule has 5 nitrogen and oxygen atoms in total. The van der Waals surface area contributed by atoms with Gasteiger partial charge in [0.25, 0.3) is 14.7 Å². The van der Waals surface area contributed by atoms with Crippen molar-refractivity contribution >= 4 is 14.7 Å². The molecule has 0 aliphatic rings. The van der Waals surface area contributed by atoms with Crippen LogP contribution < -0.4 is 4.43 Å². The lowest BCUT2D eigenvalue weighted by Crippen LogP contribution is -2.19. The maximum atomic E-state index is 11.0. The summed E-state index contributed by atoms with van der Waals surface area (Å²) >= 11 is 0. The number of nitro groups is 1. The Morgan fingerprint density at radius 2 is 1.91 bits per heavy atom. The molecule has 2 rings (SSSR count). The van der Waals surface area contributed by atoms with Crippen LogP contribution in [0, 0.1) is 10.1 Å². The molecular weight excluding hydrogens is 308 g/mol. The second-order valence-corrected chi connectivity index (χ2v) is 8.62. The van der Waals surface area contributed by atoms with E-state index >= 15 is 0 Å². The van der Waals surface area contributed by atoms with E-state index in [-0.39, 0.29) is 16.0 Å². The molecule has 0 fully saturated rings. The van der Waals surface area contributed by atoms with Crippen LogP contribution in [0.5, 0.6) is 5.75 Å². The van der Waals surface area contributed by atoms with E-state index in [9.17, 15) is 10.1 Å². The highest BCUT2D eigenvalue weighted by Gasteiger charge is 2.26. The van der Waals surface area contributed by atoms with Crippen LogP contribution in [0.15, 0.2) is 36.5 Å². The minimum absolute atomic E-state index is 0.0613. The van der Waals surface area contributed by atoms with Gasteiger partial charge in [-0.25, -0.2) is 0 Å². The second-order valence-electron chi connectivity index (χ2n) is 6.60. The Labute approximate surface area is 138 Å². The lowest BCUT2D eigenvalue weighted by Gasteiger charge is -2.26. The topological polar surface area (TPSA) is 65.3 Å². The number of pyridine rings is 1. The van der Waals surface area contributed by atoms with E-state index in [2.05, 4.69) is 38.8 Å². The van der Waals surface area contributed by atoms with Crippen molar-refractivity contribution in [1.29, 1.82) is 0 Å². The molecule has 0 atom stereocenters. The van der Waals surface area contributed by atoms with E-state index in [1.165, 1.54) is 6.07 Å². The summed E-state index contributed by atoms with van der Waals surface area (Å²) in [5, 5.41) is 11.0. The van der Waals surface area contributed by atoms with Gasteiger partial charge in [0, 0.05) is 29.5 Å². The Morgan fingerprint density at radius 3 is 2.48 bits per heavy atom. The summed E-state index contributed by atoms with van der Waals surface area (Å²) < 4.78 is 6.04. The van der Waals surface area contributed by atoms with Crippen LogP contribution in [-0.4, -0.2) is 18.9 Å². The van der Waals surface area contributed by atoms with Gasteiger partial charge in [-0.05, 0) is 24.6 Å². The molecule has 23 heavy (non-hydrogen) atoms. The smallest absolute Gasteiger partial charge is 0.274 e. The first kappa shape index (κ1) is 17.1. The molecule has 1 aromatic heterocycles. The van der Waals surface area contributed by atoms with Crippen molar-refractivity contribution in [2.45, 2.75) is 39.3 Å². The van der Waals surface area contributed by atoms with Crippen molar-refractivity contribution in [3.8, 4) is 17.0 Å². The molecule has 0 bridgehead atoms. The van der Waals surface area contributed by atoms with E-state index in [0.29, 0.717) is 0 Å². The Bertz CT molecular complexity index is 724. The molecule has 6 heteroatoms. The SMILES string of the molecule is C[Si](C)Oc1ccnc(-c2cccc([N+](=O)[O-])c2)c1C(C)(C)C. The quantitative estimate of drug-likeness (QED) is 0.468. The molecule has 0 saturated carbocycles. The van der Waals surface area contributed by atoms with Gasteiger partial charge in [-0.3, -0.25) is 15.1 Å². The van der Waals surface area contributed by atoms with Crippen LogP contribution in [0.3, 0.4) is 0 Å². The first-order valence-corrected chi connectivity index (χ1v) is 9.83. The summed E-state index contributed by atoms with van der Waals surface area (Å²) in [5.74, 6) is 0.813. The van der Waals surface area contributed by atoms with Gasteiger partial charge in [0.2, 0.25) is 0 Å². The van der Waals surface area contributed by atoms with Gasteiger partial charge in [0.05, 0.1) is 10.6 Å². The average Bonchev–Trinajstić information content (AvgIpc) is 2.45. The van der Waals surface area contributed by atoms with Crippen LogP contribution in [0.4, 0.5) is 5.69 Å². The van der Waals surface area contributed by atoms with E-state index in [1.54, 1.807) is 18.3 Å². The Kier molecular flexibility index (Phi) is 4.84. The Balaban J connectivity index is 2.67. The fourth-order valence-electron chi connectivity index (χ4n) is 2.46. The molecule has 0 spiro atoms. The third kappa shape index (κ3) is 3.95. The van der Waals surface area contributed by atoms with Crippen LogP contribution >= 0.6 is 0 Å². The summed E-state index contributed by atoms with van der Waals surface area (Å²) in [7, 11) is -0.924. The molecule has 121 valence electrons. The summed E-state index contributed by atoms with van der Waals surface area (Å²) in [5.41, 5.74) is 2.32. The van der Waals surface area contributed by atoms with Gasteiger partial charge >= 0.3 is 0 Å². The predicted molar refractivity (Wildman–Crippen MR) is 93.1 cm³/mol. The molecule has 2 aromatic rings. The molecule has 1 aromatic carbocycles. The van der Waals surface area contributed by atoms with Gasteiger partial charge in [0.1, 0.15) is 5.75 Å². The standard InChI is InChI=1S/C17H21N2O3Si/c1-17(2,3)15-14(22-23(4)5)9-10-18-16(15)12-7-6-8-13(11-12)19(20)21/h6-11H,1-5H3. The molecule has 0 amide bonds.